The number of β-lactam (4-membered cyclic amide) rings is 1. The second kappa shape index (κ2) is 11.9. The van der Waals surface area contributed by atoms with E-state index in [-0.39, 0.29) is 28.8 Å². The number of rotatable bonds is 8. The van der Waals surface area contributed by atoms with Crippen LogP contribution < -0.4 is 11.1 Å². The molecule has 3 saturated heterocycles. The highest BCUT2D eigenvalue weighted by molar-refractivity contribution is 8.05. The summed E-state index contributed by atoms with van der Waals surface area (Å²) in [5.41, 5.74) is 3.78. The van der Waals surface area contributed by atoms with Crippen molar-refractivity contribution in [1.82, 2.24) is 15.2 Å². The average Bonchev–Trinajstić information content (AvgIpc) is 3.33. The zero-order valence-corrected chi connectivity index (χ0v) is 23.9. The van der Waals surface area contributed by atoms with E-state index in [1.54, 1.807) is 20.8 Å². The first-order valence-corrected chi connectivity index (χ1v) is 14.7. The van der Waals surface area contributed by atoms with E-state index in [2.05, 4.69) is 15.5 Å². The van der Waals surface area contributed by atoms with Crippen LogP contribution in [0.4, 0.5) is 5.13 Å². The summed E-state index contributed by atoms with van der Waals surface area (Å²) in [5.74, 6) is -2.25. The number of nitrogen functional groups attached to an aromatic ring is 1. The largest absolute Gasteiger partial charge is 0.427 e. The van der Waals surface area contributed by atoms with Crippen molar-refractivity contribution < 1.29 is 43.3 Å². The van der Waals surface area contributed by atoms with Crippen LogP contribution in [0.3, 0.4) is 0 Å². The lowest BCUT2D eigenvalue weighted by molar-refractivity contribution is -0.175. The number of carbonyl (C=O) groups excluding carboxylic acids is 4. The monoisotopic (exact) mass is 603 g/mol. The van der Waals surface area contributed by atoms with Gasteiger partial charge < -0.3 is 40.1 Å². The Balaban J connectivity index is 1.43. The number of anilines is 1. The number of esters is 2. The molecule has 3 atom stereocenters. The van der Waals surface area contributed by atoms with Crippen LogP contribution in [0.15, 0.2) is 10.5 Å². The molecule has 0 bridgehead atoms. The topological polar surface area (TPSA) is 192 Å². The lowest BCUT2D eigenvalue weighted by Crippen LogP contribution is -2.75. The molecule has 0 radical (unpaired) electrons. The molecule has 1 aromatic rings. The Labute approximate surface area is 236 Å². The number of aromatic nitrogens is 1. The van der Waals surface area contributed by atoms with E-state index in [1.807, 2.05) is 0 Å². The lowest BCUT2D eigenvalue weighted by Gasteiger charge is -2.54. The minimum atomic E-state index is -1.28. The molecule has 3 aliphatic heterocycles. The quantitative estimate of drug-likeness (QED) is 0.0934. The minimum Gasteiger partial charge on any atom is -0.427 e. The van der Waals surface area contributed by atoms with Crippen LogP contribution in [0.5, 0.6) is 0 Å². The summed E-state index contributed by atoms with van der Waals surface area (Å²) in [6.07, 6.45) is 0.715. The van der Waals surface area contributed by atoms with Crippen molar-refractivity contribution in [2.24, 2.45) is 10.6 Å². The van der Waals surface area contributed by atoms with Gasteiger partial charge in [-0.25, -0.2) is 4.98 Å². The van der Waals surface area contributed by atoms with Crippen LogP contribution in [0.2, 0.25) is 0 Å². The minimum absolute atomic E-state index is 0.0423. The molecule has 4 N–H and O–H groups in total. The van der Waals surface area contributed by atoms with Gasteiger partial charge in [-0.1, -0.05) is 16.9 Å². The molecule has 0 saturated carbocycles. The Morgan fingerprint density at radius 3 is 2.67 bits per heavy atom. The molecule has 0 aliphatic carbocycles. The highest BCUT2D eigenvalue weighted by Gasteiger charge is 2.59. The Morgan fingerprint density at radius 1 is 1.33 bits per heavy atom. The number of nitrogens with zero attached hydrogens (tertiary/aromatic N) is 3. The van der Waals surface area contributed by atoms with Crippen molar-refractivity contribution in [3.05, 3.63) is 11.1 Å². The fourth-order valence-corrected chi connectivity index (χ4v) is 7.29. The molecule has 0 aromatic carbocycles. The number of fused-ring (bicyclic) bond motifs is 1. The van der Waals surface area contributed by atoms with Crippen LogP contribution in [-0.2, 0) is 38.1 Å². The number of thioether (sulfide) groups is 2. The summed E-state index contributed by atoms with van der Waals surface area (Å²) in [5, 5.41) is 16.1. The van der Waals surface area contributed by atoms with Crippen LogP contribution >= 0.6 is 34.9 Å². The predicted molar refractivity (Wildman–Crippen MR) is 142 cm³/mol. The number of thiazole rings is 1. The molecular weight excluding hydrogens is 574 g/mol. The summed E-state index contributed by atoms with van der Waals surface area (Å²) in [6, 6.07) is -0.913. The van der Waals surface area contributed by atoms with E-state index >= 15 is 0 Å². The third-order valence-corrected chi connectivity index (χ3v) is 9.64. The molecule has 17 heteroatoms. The zero-order chi connectivity index (χ0) is 28.4. The van der Waals surface area contributed by atoms with E-state index in [9.17, 15) is 24.4 Å². The van der Waals surface area contributed by atoms with Gasteiger partial charge >= 0.3 is 11.9 Å². The highest BCUT2D eigenvalue weighted by atomic mass is 32.2. The van der Waals surface area contributed by atoms with Gasteiger partial charge in [-0.2, -0.15) is 0 Å². The first-order chi connectivity index (χ1) is 18.4. The van der Waals surface area contributed by atoms with Gasteiger partial charge in [0.05, 0.1) is 18.6 Å². The number of hydrogen-bond acceptors (Lipinski definition) is 15. The van der Waals surface area contributed by atoms with Crippen molar-refractivity contribution in [2.45, 2.75) is 49.0 Å². The second-order valence-electron chi connectivity index (χ2n) is 9.87. The van der Waals surface area contributed by atoms with E-state index in [0.717, 1.165) is 23.1 Å². The van der Waals surface area contributed by atoms with Gasteiger partial charge in [-0.15, -0.1) is 23.1 Å². The predicted octanol–water partition coefficient (Wildman–Crippen LogP) is 0.586. The van der Waals surface area contributed by atoms with Gasteiger partial charge in [0.25, 0.3) is 5.91 Å². The third kappa shape index (κ3) is 6.42. The number of carbonyl (C=O) groups is 4. The number of amides is 2. The summed E-state index contributed by atoms with van der Waals surface area (Å²) in [6.45, 7) is 5.33. The summed E-state index contributed by atoms with van der Waals surface area (Å²) in [4.78, 5) is 56.6. The number of oxime groups is 1. The van der Waals surface area contributed by atoms with Crippen molar-refractivity contribution in [1.29, 1.82) is 0 Å². The molecule has 4 rings (SSSR count). The van der Waals surface area contributed by atoms with E-state index in [1.165, 1.54) is 22.0 Å². The first-order valence-electron chi connectivity index (χ1n) is 11.9. The first kappa shape index (κ1) is 29.4. The average molecular weight is 604 g/mol. The normalized spacial score (nSPS) is 25.9. The standard InChI is InChI=1S/C22H29N5O9S3/c1-21(2,3)17(30)35-10-36-18(31)22(39-20-33-5-4-6-34-20)8-27-15(29)13(16(27)38-9-22)25-14(28)12(26-32)11-7-37-19(23)24-11/h7,13,16,20,32H,4-6,8-10H2,1-3H3,(H2,23,24)(H,25,28)/t13?,16-,22?/m1/s1. The molecule has 3 fully saturated rings. The number of ether oxygens (including phenoxy) is 4. The Hall–Kier alpha value is -2.60. The smallest absolute Gasteiger partial charge is 0.327 e. The Kier molecular flexibility index (Phi) is 8.95. The van der Waals surface area contributed by atoms with Gasteiger partial charge in [0, 0.05) is 17.7 Å². The van der Waals surface area contributed by atoms with Gasteiger partial charge in [-0.05, 0) is 27.2 Å². The van der Waals surface area contributed by atoms with Gasteiger partial charge in [0.2, 0.25) is 18.3 Å². The molecule has 214 valence electrons. The van der Waals surface area contributed by atoms with Gasteiger partial charge in [-0.3, -0.25) is 19.2 Å². The van der Waals surface area contributed by atoms with E-state index in [4.69, 9.17) is 24.7 Å². The van der Waals surface area contributed by atoms with Crippen LogP contribution in [0, 0.1) is 5.41 Å². The number of hydrogen-bond donors (Lipinski definition) is 3. The molecule has 4 heterocycles. The van der Waals surface area contributed by atoms with E-state index in [0.29, 0.717) is 19.6 Å². The molecule has 39 heavy (non-hydrogen) atoms. The number of nitrogens with two attached hydrogens (primary N) is 1. The Bertz CT molecular complexity index is 1150. The lowest BCUT2D eigenvalue weighted by atomic mass is 9.98. The third-order valence-electron chi connectivity index (χ3n) is 5.90. The fourth-order valence-electron chi connectivity index (χ4n) is 3.82. The van der Waals surface area contributed by atoms with Crippen molar-refractivity contribution in [3.63, 3.8) is 0 Å². The van der Waals surface area contributed by atoms with Crippen molar-refractivity contribution in [2.75, 3.05) is 38.0 Å². The van der Waals surface area contributed by atoms with Crippen molar-refractivity contribution in [3.8, 4) is 0 Å². The van der Waals surface area contributed by atoms with Gasteiger partial charge in [0.1, 0.15) is 21.9 Å². The highest BCUT2D eigenvalue weighted by Crippen LogP contribution is 2.46. The van der Waals surface area contributed by atoms with E-state index < -0.39 is 57.7 Å². The molecule has 0 spiro atoms. The molecule has 1 aromatic heterocycles. The summed E-state index contributed by atoms with van der Waals surface area (Å²) in [7, 11) is 0. The van der Waals surface area contributed by atoms with Crippen LogP contribution in [-0.4, -0.2) is 98.6 Å². The molecule has 2 unspecified atom stereocenters. The Morgan fingerprint density at radius 2 is 2.05 bits per heavy atom. The van der Waals surface area contributed by atoms with Crippen molar-refractivity contribution >= 4 is 69.5 Å². The van der Waals surface area contributed by atoms with Crippen LogP contribution in [0.1, 0.15) is 32.9 Å². The maximum absolute atomic E-state index is 13.3. The molecular formula is C22H29N5O9S3. The SMILES string of the molecule is CC(C)(C)C(=O)OCOC(=O)C1(SC2OCCCO2)CS[C@@H]2C(NC(=O)C(=NO)c3csc(N)n3)C(=O)N2C1. The zero-order valence-electron chi connectivity index (χ0n) is 21.4. The molecule has 2 amide bonds. The maximum atomic E-state index is 13.3. The summed E-state index contributed by atoms with van der Waals surface area (Å²) < 4.78 is 20.4. The fraction of sp³-hybridized carbons (Fsp3) is 0.636. The maximum Gasteiger partial charge on any atom is 0.327 e. The molecule has 3 aliphatic rings. The second-order valence-corrected chi connectivity index (χ2v) is 13.3. The number of nitrogens with one attached hydrogen (secondary N) is 1. The summed E-state index contributed by atoms with van der Waals surface area (Å²) >= 11 is 3.43. The van der Waals surface area contributed by atoms with Gasteiger partial charge in [0.15, 0.2) is 10.8 Å². The van der Waals surface area contributed by atoms with Crippen LogP contribution in [0.25, 0.3) is 0 Å². The molecule has 14 nitrogen and oxygen atoms in total.